The van der Waals surface area contributed by atoms with E-state index in [0.29, 0.717) is 25.1 Å². The Morgan fingerprint density at radius 1 is 1.21 bits per heavy atom. The lowest BCUT2D eigenvalue weighted by Gasteiger charge is -2.16. The van der Waals surface area contributed by atoms with Gasteiger partial charge in [-0.2, -0.15) is 0 Å². The normalized spacial score (nSPS) is 19.3. The Morgan fingerprint density at radius 3 is 2.75 bits per heavy atom. The molecule has 28 heavy (non-hydrogen) atoms. The SMILES string of the molecule is CO[C@H]1CN(C(=O)c2cccc(-c3ccc(C)o3)c2)C[C@H]1Cc1cc(C)no1. The molecule has 1 amide bonds. The van der Waals surface area contributed by atoms with Gasteiger partial charge in [0.25, 0.3) is 5.91 Å². The fraction of sp³-hybridized carbons (Fsp3) is 0.364. The third-order valence-electron chi connectivity index (χ3n) is 5.25. The van der Waals surface area contributed by atoms with Gasteiger partial charge in [-0.05, 0) is 38.1 Å². The summed E-state index contributed by atoms with van der Waals surface area (Å²) in [4.78, 5) is 15.0. The zero-order chi connectivity index (χ0) is 19.7. The highest BCUT2D eigenvalue weighted by atomic mass is 16.5. The first-order chi connectivity index (χ1) is 13.5. The van der Waals surface area contributed by atoms with Crippen molar-refractivity contribution in [3.63, 3.8) is 0 Å². The molecular weight excluding hydrogens is 356 g/mol. The van der Waals surface area contributed by atoms with Crippen molar-refractivity contribution in [1.29, 1.82) is 0 Å². The number of aryl methyl sites for hydroxylation is 2. The number of likely N-dealkylation sites (tertiary alicyclic amines) is 1. The first-order valence-corrected chi connectivity index (χ1v) is 9.44. The van der Waals surface area contributed by atoms with Crippen LogP contribution < -0.4 is 0 Å². The van der Waals surface area contributed by atoms with Crippen molar-refractivity contribution in [1.82, 2.24) is 10.1 Å². The van der Waals surface area contributed by atoms with Gasteiger partial charge in [0.15, 0.2) is 0 Å². The van der Waals surface area contributed by atoms with Gasteiger partial charge in [0.05, 0.1) is 11.8 Å². The number of rotatable bonds is 5. The lowest BCUT2D eigenvalue weighted by molar-refractivity contribution is 0.0672. The van der Waals surface area contributed by atoms with Gasteiger partial charge in [0.1, 0.15) is 17.3 Å². The standard InChI is InChI=1S/C22H24N2O4/c1-14-9-19(28-23-14)11-18-12-24(13-21(18)26-3)22(25)17-6-4-5-16(10-17)20-8-7-15(2)27-20/h4-10,18,21H,11-13H2,1-3H3/t18-,21+/m1/s1. The molecule has 4 rings (SSSR count). The number of amides is 1. The third-order valence-corrected chi connectivity index (χ3v) is 5.25. The van der Waals surface area contributed by atoms with Crippen molar-refractivity contribution in [2.24, 2.45) is 5.92 Å². The van der Waals surface area contributed by atoms with Crippen LogP contribution in [0.3, 0.4) is 0 Å². The molecule has 1 aliphatic heterocycles. The summed E-state index contributed by atoms with van der Waals surface area (Å²) in [5.41, 5.74) is 2.41. The van der Waals surface area contributed by atoms with E-state index in [9.17, 15) is 4.79 Å². The number of hydrogen-bond acceptors (Lipinski definition) is 5. The number of aromatic nitrogens is 1. The summed E-state index contributed by atoms with van der Waals surface area (Å²) in [6.45, 7) is 5.00. The number of carbonyl (C=O) groups excluding carboxylic acids is 1. The minimum Gasteiger partial charge on any atom is -0.461 e. The number of benzene rings is 1. The van der Waals surface area contributed by atoms with Gasteiger partial charge in [0, 0.05) is 49.7 Å². The Kier molecular flexibility index (Phi) is 5.05. The predicted molar refractivity (Wildman–Crippen MR) is 104 cm³/mol. The maximum atomic E-state index is 13.1. The molecule has 1 aliphatic rings. The van der Waals surface area contributed by atoms with Gasteiger partial charge in [0.2, 0.25) is 0 Å². The van der Waals surface area contributed by atoms with Crippen LogP contribution >= 0.6 is 0 Å². The molecule has 0 bridgehead atoms. The second-order valence-corrected chi connectivity index (χ2v) is 7.37. The minimum atomic E-state index is -0.0229. The lowest BCUT2D eigenvalue weighted by atomic mass is 10.0. The van der Waals surface area contributed by atoms with E-state index in [1.165, 1.54) is 0 Å². The first kappa shape index (κ1) is 18.5. The molecule has 0 unspecified atom stereocenters. The van der Waals surface area contributed by atoms with Crippen LogP contribution in [0.15, 0.2) is 51.4 Å². The monoisotopic (exact) mass is 380 g/mol. The van der Waals surface area contributed by atoms with Crippen LogP contribution in [-0.2, 0) is 11.2 Å². The molecule has 6 nitrogen and oxygen atoms in total. The number of ether oxygens (including phenoxy) is 1. The third kappa shape index (κ3) is 3.73. The molecule has 146 valence electrons. The van der Waals surface area contributed by atoms with Crippen molar-refractivity contribution in [3.8, 4) is 11.3 Å². The number of furan rings is 1. The zero-order valence-electron chi connectivity index (χ0n) is 16.3. The molecule has 1 fully saturated rings. The highest BCUT2D eigenvalue weighted by Gasteiger charge is 2.36. The first-order valence-electron chi connectivity index (χ1n) is 9.44. The average molecular weight is 380 g/mol. The van der Waals surface area contributed by atoms with E-state index in [1.54, 1.807) is 7.11 Å². The topological polar surface area (TPSA) is 68.7 Å². The maximum Gasteiger partial charge on any atom is 0.253 e. The fourth-order valence-corrected chi connectivity index (χ4v) is 3.82. The Bertz CT molecular complexity index is 974. The summed E-state index contributed by atoms with van der Waals surface area (Å²) in [5, 5.41) is 3.95. The van der Waals surface area contributed by atoms with E-state index in [-0.39, 0.29) is 17.9 Å². The number of carbonyl (C=O) groups is 1. The molecule has 1 aromatic carbocycles. The molecule has 6 heteroatoms. The number of nitrogens with zero attached hydrogens (tertiary/aromatic N) is 2. The summed E-state index contributed by atoms with van der Waals surface area (Å²) < 4.78 is 16.7. The Balaban J connectivity index is 1.50. The van der Waals surface area contributed by atoms with Crippen LogP contribution in [0.2, 0.25) is 0 Å². The van der Waals surface area contributed by atoms with Crippen LogP contribution in [0.4, 0.5) is 0 Å². The van der Waals surface area contributed by atoms with Crippen LogP contribution in [0.25, 0.3) is 11.3 Å². The van der Waals surface area contributed by atoms with Crippen molar-refractivity contribution in [2.75, 3.05) is 20.2 Å². The molecular formula is C22H24N2O4. The van der Waals surface area contributed by atoms with Gasteiger partial charge in [-0.1, -0.05) is 17.3 Å². The fourth-order valence-electron chi connectivity index (χ4n) is 3.82. The van der Waals surface area contributed by atoms with Gasteiger partial charge >= 0.3 is 0 Å². The zero-order valence-corrected chi connectivity index (χ0v) is 16.3. The molecule has 0 spiro atoms. The van der Waals surface area contributed by atoms with Crippen LogP contribution in [0, 0.1) is 19.8 Å². The minimum absolute atomic E-state index is 0.00317. The smallest absolute Gasteiger partial charge is 0.253 e. The summed E-state index contributed by atoms with van der Waals surface area (Å²) >= 11 is 0. The molecule has 2 atom stereocenters. The van der Waals surface area contributed by atoms with E-state index in [4.69, 9.17) is 13.7 Å². The average Bonchev–Trinajstić information content (AvgIpc) is 3.42. The van der Waals surface area contributed by atoms with Crippen LogP contribution in [-0.4, -0.2) is 42.3 Å². The Morgan fingerprint density at radius 2 is 2.07 bits per heavy atom. The molecule has 3 heterocycles. The van der Waals surface area contributed by atoms with E-state index >= 15 is 0 Å². The summed E-state index contributed by atoms with van der Waals surface area (Å²) in [6.07, 6.45) is 0.680. The summed E-state index contributed by atoms with van der Waals surface area (Å²) in [6, 6.07) is 13.3. The number of hydrogen-bond donors (Lipinski definition) is 0. The largest absolute Gasteiger partial charge is 0.461 e. The van der Waals surface area contributed by atoms with Crippen molar-refractivity contribution < 1.29 is 18.5 Å². The van der Waals surface area contributed by atoms with Crippen LogP contribution in [0.1, 0.15) is 27.6 Å². The second-order valence-electron chi connectivity index (χ2n) is 7.37. The summed E-state index contributed by atoms with van der Waals surface area (Å²) in [5.74, 6) is 2.62. The highest BCUT2D eigenvalue weighted by molar-refractivity contribution is 5.95. The van der Waals surface area contributed by atoms with E-state index < -0.39 is 0 Å². The Hall–Kier alpha value is -2.86. The van der Waals surface area contributed by atoms with E-state index in [2.05, 4.69) is 5.16 Å². The molecule has 2 aromatic heterocycles. The summed E-state index contributed by atoms with van der Waals surface area (Å²) in [7, 11) is 1.69. The lowest BCUT2D eigenvalue weighted by Crippen LogP contribution is -2.29. The van der Waals surface area contributed by atoms with Crippen molar-refractivity contribution >= 4 is 5.91 Å². The van der Waals surface area contributed by atoms with E-state index in [0.717, 1.165) is 28.5 Å². The second kappa shape index (κ2) is 7.64. The molecule has 1 saturated heterocycles. The quantitative estimate of drug-likeness (QED) is 0.672. The van der Waals surface area contributed by atoms with Gasteiger partial charge in [-0.15, -0.1) is 0 Å². The number of methoxy groups -OCH3 is 1. The van der Waals surface area contributed by atoms with Crippen LogP contribution in [0.5, 0.6) is 0 Å². The predicted octanol–water partition coefficient (Wildman–Crippen LogP) is 3.88. The molecule has 0 aliphatic carbocycles. The molecule has 0 saturated carbocycles. The molecule has 3 aromatic rings. The molecule has 0 N–H and O–H groups in total. The van der Waals surface area contributed by atoms with Crippen molar-refractivity contribution in [3.05, 3.63) is 65.2 Å². The van der Waals surface area contributed by atoms with Crippen molar-refractivity contribution in [2.45, 2.75) is 26.4 Å². The van der Waals surface area contributed by atoms with E-state index in [1.807, 2.05) is 61.2 Å². The van der Waals surface area contributed by atoms with Gasteiger partial charge < -0.3 is 18.6 Å². The Labute approximate surface area is 164 Å². The maximum absolute atomic E-state index is 13.1. The molecule has 0 radical (unpaired) electrons. The highest BCUT2D eigenvalue weighted by Crippen LogP contribution is 2.27. The van der Waals surface area contributed by atoms with Gasteiger partial charge in [-0.3, -0.25) is 4.79 Å². The van der Waals surface area contributed by atoms with Gasteiger partial charge in [-0.25, -0.2) is 0 Å².